The highest BCUT2D eigenvalue weighted by molar-refractivity contribution is 5.77. The maximum atomic E-state index is 12.0. The van der Waals surface area contributed by atoms with Crippen LogP contribution >= 0.6 is 0 Å². The molecule has 0 saturated carbocycles. The van der Waals surface area contributed by atoms with Gasteiger partial charge in [-0.2, -0.15) is 0 Å². The number of carbonyl (C=O) groups is 1. The normalized spacial score (nSPS) is 10.6. The van der Waals surface area contributed by atoms with E-state index in [1.165, 1.54) is 21.4 Å². The Hall–Kier alpha value is -1.65. The maximum Gasteiger partial charge on any atom is 0.330 e. The largest absolute Gasteiger partial charge is 0.330 e. The van der Waals surface area contributed by atoms with Crippen LogP contribution in [0.2, 0.25) is 0 Å². The number of hydrogen-bond acceptors (Lipinski definition) is 3. The van der Waals surface area contributed by atoms with E-state index in [-0.39, 0.29) is 17.0 Å². The molecule has 0 atom stereocenters. The lowest BCUT2D eigenvalue weighted by Gasteiger charge is -2.08. The molecule has 0 N–H and O–H groups in total. The number of carbonyl (C=O) groups excluding carboxylic acids is 1. The van der Waals surface area contributed by atoms with E-state index >= 15 is 0 Å². The number of ketones is 1. The van der Waals surface area contributed by atoms with Crippen LogP contribution in [0.3, 0.4) is 0 Å². The quantitative estimate of drug-likeness (QED) is 0.732. The minimum Gasteiger partial charge on any atom is -0.300 e. The average molecular weight is 252 g/mol. The van der Waals surface area contributed by atoms with Gasteiger partial charge in [0.15, 0.2) is 0 Å². The molecule has 0 spiro atoms. The van der Waals surface area contributed by atoms with E-state index < -0.39 is 0 Å². The van der Waals surface area contributed by atoms with Gasteiger partial charge in [-0.05, 0) is 12.8 Å². The second-order valence-corrected chi connectivity index (χ2v) is 4.28. The summed E-state index contributed by atoms with van der Waals surface area (Å²) in [5.74, 6) is 0.160. The minimum absolute atomic E-state index is 0.160. The fraction of sp³-hybridized carbons (Fsp3) is 0.615. The number of rotatable bonds is 7. The summed E-state index contributed by atoms with van der Waals surface area (Å²) >= 11 is 0. The van der Waals surface area contributed by atoms with Crippen LogP contribution in [0.5, 0.6) is 0 Å². The van der Waals surface area contributed by atoms with Crippen LogP contribution in [0.25, 0.3) is 0 Å². The van der Waals surface area contributed by atoms with Crippen molar-refractivity contribution < 1.29 is 4.79 Å². The maximum absolute atomic E-state index is 12.0. The summed E-state index contributed by atoms with van der Waals surface area (Å²) in [7, 11) is 0. The van der Waals surface area contributed by atoms with Gasteiger partial charge in [-0.15, -0.1) is 0 Å². The van der Waals surface area contributed by atoms with E-state index in [4.69, 9.17) is 0 Å². The zero-order valence-corrected chi connectivity index (χ0v) is 11.0. The van der Waals surface area contributed by atoms with Gasteiger partial charge in [0.05, 0.1) is 0 Å². The Morgan fingerprint density at radius 2 is 1.94 bits per heavy atom. The first-order valence-electron chi connectivity index (χ1n) is 6.42. The molecule has 0 unspecified atom stereocenters. The fourth-order valence-corrected chi connectivity index (χ4v) is 1.78. The minimum atomic E-state index is -0.295. The Labute approximate surface area is 106 Å². The van der Waals surface area contributed by atoms with Gasteiger partial charge in [0.25, 0.3) is 5.56 Å². The van der Waals surface area contributed by atoms with Gasteiger partial charge in [0.2, 0.25) is 0 Å². The summed E-state index contributed by atoms with van der Waals surface area (Å²) in [5.41, 5.74) is -0.579. The summed E-state index contributed by atoms with van der Waals surface area (Å²) in [6.07, 6.45) is 3.83. The van der Waals surface area contributed by atoms with Crippen molar-refractivity contribution in [2.24, 2.45) is 0 Å². The number of aromatic nitrogens is 2. The van der Waals surface area contributed by atoms with Crippen LogP contribution in [-0.2, 0) is 17.9 Å². The van der Waals surface area contributed by atoms with Crippen molar-refractivity contribution in [1.29, 1.82) is 0 Å². The van der Waals surface area contributed by atoms with Crippen LogP contribution in [0.4, 0.5) is 0 Å². The highest BCUT2D eigenvalue weighted by atomic mass is 16.2. The Kier molecular flexibility index (Phi) is 5.55. The summed E-state index contributed by atoms with van der Waals surface area (Å²) < 4.78 is 2.74. The summed E-state index contributed by atoms with van der Waals surface area (Å²) in [6, 6.07) is 1.40. The molecule has 1 heterocycles. The Balaban J connectivity index is 2.81. The van der Waals surface area contributed by atoms with Crippen LogP contribution in [-0.4, -0.2) is 14.9 Å². The topological polar surface area (TPSA) is 61.1 Å². The highest BCUT2D eigenvalue weighted by Crippen LogP contribution is 1.95. The van der Waals surface area contributed by atoms with Crippen LogP contribution in [0.15, 0.2) is 21.9 Å². The number of hydrogen-bond donors (Lipinski definition) is 0. The fourth-order valence-electron chi connectivity index (χ4n) is 1.78. The predicted molar refractivity (Wildman–Crippen MR) is 69.8 cm³/mol. The molecule has 0 aromatic carbocycles. The van der Waals surface area contributed by atoms with Crippen molar-refractivity contribution in [3.8, 4) is 0 Å². The Morgan fingerprint density at radius 3 is 2.56 bits per heavy atom. The van der Waals surface area contributed by atoms with Gasteiger partial charge in [-0.25, -0.2) is 4.79 Å². The van der Waals surface area contributed by atoms with Crippen molar-refractivity contribution >= 4 is 5.78 Å². The van der Waals surface area contributed by atoms with Crippen molar-refractivity contribution in [3.05, 3.63) is 33.1 Å². The molecule has 0 aliphatic carbocycles. The summed E-state index contributed by atoms with van der Waals surface area (Å²) in [6.45, 7) is 4.70. The van der Waals surface area contributed by atoms with Gasteiger partial charge < -0.3 is 4.57 Å². The molecular weight excluding hydrogens is 232 g/mol. The standard InChI is InChI=1S/C13H20N2O3/c1-3-8-14-10-7-12(17)15(13(14)18)9-5-6-11(16)4-2/h7,10H,3-6,8-9H2,1-2H3. The van der Waals surface area contributed by atoms with Crippen molar-refractivity contribution in [2.75, 3.05) is 0 Å². The van der Waals surface area contributed by atoms with E-state index in [0.29, 0.717) is 32.4 Å². The first kappa shape index (κ1) is 14.4. The lowest BCUT2D eigenvalue weighted by molar-refractivity contribution is -0.118. The van der Waals surface area contributed by atoms with Crippen molar-refractivity contribution in [1.82, 2.24) is 9.13 Å². The lowest BCUT2D eigenvalue weighted by atomic mass is 10.2. The zero-order chi connectivity index (χ0) is 13.5. The molecule has 5 heteroatoms. The van der Waals surface area contributed by atoms with Gasteiger partial charge >= 0.3 is 5.69 Å². The third-order valence-electron chi connectivity index (χ3n) is 2.84. The first-order valence-corrected chi connectivity index (χ1v) is 6.42. The molecule has 5 nitrogen and oxygen atoms in total. The van der Waals surface area contributed by atoms with E-state index in [1.807, 2.05) is 13.8 Å². The Morgan fingerprint density at radius 1 is 1.22 bits per heavy atom. The molecule has 100 valence electrons. The van der Waals surface area contributed by atoms with Crippen LogP contribution in [0, 0.1) is 0 Å². The van der Waals surface area contributed by atoms with Gasteiger partial charge in [-0.3, -0.25) is 14.2 Å². The number of aryl methyl sites for hydroxylation is 1. The SMILES string of the molecule is CCCn1ccc(=O)n(CCCC(=O)CC)c1=O. The molecule has 1 rings (SSSR count). The molecule has 0 aliphatic rings. The smallest absolute Gasteiger partial charge is 0.300 e. The molecule has 0 saturated heterocycles. The van der Waals surface area contributed by atoms with E-state index in [1.54, 1.807) is 0 Å². The highest BCUT2D eigenvalue weighted by Gasteiger charge is 2.05. The molecule has 0 radical (unpaired) electrons. The molecular formula is C13H20N2O3. The van der Waals surface area contributed by atoms with E-state index in [2.05, 4.69) is 0 Å². The molecule has 18 heavy (non-hydrogen) atoms. The van der Waals surface area contributed by atoms with Crippen LogP contribution in [0.1, 0.15) is 39.5 Å². The van der Waals surface area contributed by atoms with Gasteiger partial charge in [0.1, 0.15) is 5.78 Å². The predicted octanol–water partition coefficient (Wildman–Crippen LogP) is 1.18. The van der Waals surface area contributed by atoms with Gasteiger partial charge in [0, 0.05) is 38.2 Å². The van der Waals surface area contributed by atoms with E-state index in [0.717, 1.165) is 6.42 Å². The van der Waals surface area contributed by atoms with E-state index in [9.17, 15) is 14.4 Å². The second kappa shape index (κ2) is 6.93. The molecule has 0 amide bonds. The zero-order valence-electron chi connectivity index (χ0n) is 11.0. The molecule has 1 aromatic heterocycles. The van der Waals surface area contributed by atoms with Crippen LogP contribution < -0.4 is 11.2 Å². The second-order valence-electron chi connectivity index (χ2n) is 4.28. The molecule has 0 aliphatic heterocycles. The molecule has 1 aromatic rings. The monoisotopic (exact) mass is 252 g/mol. The number of Topliss-reactive ketones (excluding diaryl/α,β-unsaturated/α-hetero) is 1. The van der Waals surface area contributed by atoms with Crippen molar-refractivity contribution in [3.63, 3.8) is 0 Å². The third kappa shape index (κ3) is 3.68. The van der Waals surface area contributed by atoms with Gasteiger partial charge in [-0.1, -0.05) is 13.8 Å². The molecule has 0 bridgehead atoms. The third-order valence-corrected chi connectivity index (χ3v) is 2.84. The number of nitrogens with zero attached hydrogens (tertiary/aromatic N) is 2. The Bertz CT molecular complexity index is 514. The summed E-state index contributed by atoms with van der Waals surface area (Å²) in [5, 5.41) is 0. The lowest BCUT2D eigenvalue weighted by Crippen LogP contribution is -2.39. The summed E-state index contributed by atoms with van der Waals surface area (Å²) in [4.78, 5) is 34.7. The van der Waals surface area contributed by atoms with Crippen molar-refractivity contribution in [2.45, 2.75) is 52.6 Å². The molecule has 0 fully saturated rings. The average Bonchev–Trinajstić information content (AvgIpc) is 2.36. The first-order chi connectivity index (χ1) is 8.60.